The van der Waals surface area contributed by atoms with Crippen LogP contribution in [-0.4, -0.2) is 40.6 Å². The molecule has 1 aliphatic heterocycles. The second-order valence-electron chi connectivity index (χ2n) is 5.52. The molecule has 0 spiro atoms. The lowest BCUT2D eigenvalue weighted by atomic mass is 9.97. The fraction of sp³-hybridized carbons (Fsp3) is 0.500. The van der Waals surface area contributed by atoms with E-state index in [9.17, 15) is 14.7 Å². The van der Waals surface area contributed by atoms with Crippen LogP contribution in [0.3, 0.4) is 0 Å². The van der Waals surface area contributed by atoms with Crippen molar-refractivity contribution in [1.82, 2.24) is 4.90 Å². The number of piperidine rings is 1. The first-order valence-corrected chi connectivity index (χ1v) is 7.27. The summed E-state index contributed by atoms with van der Waals surface area (Å²) in [5, 5.41) is 9.58. The van der Waals surface area contributed by atoms with Gasteiger partial charge in [0.1, 0.15) is 11.3 Å². The number of para-hydroxylation sites is 1. The lowest BCUT2D eigenvalue weighted by Gasteiger charge is -2.38. The molecule has 0 aliphatic carbocycles. The lowest BCUT2D eigenvalue weighted by molar-refractivity contribution is -0.140. The number of aromatic hydroxyl groups is 1. The van der Waals surface area contributed by atoms with Gasteiger partial charge in [0, 0.05) is 12.1 Å². The van der Waals surface area contributed by atoms with E-state index in [-0.39, 0.29) is 35.9 Å². The minimum absolute atomic E-state index is 0.0741. The molecule has 21 heavy (non-hydrogen) atoms. The van der Waals surface area contributed by atoms with Gasteiger partial charge in [0.2, 0.25) is 0 Å². The van der Waals surface area contributed by atoms with Crippen molar-refractivity contribution in [2.75, 3.05) is 6.61 Å². The number of likely N-dealkylation sites (tertiary alicyclic amines) is 1. The molecule has 0 aromatic heterocycles. The van der Waals surface area contributed by atoms with E-state index in [0.29, 0.717) is 0 Å². The lowest BCUT2D eigenvalue weighted by Crippen LogP contribution is -2.49. The standard InChI is InChI=1S/C16H21NO4/c1-11-6-5-7-12(2)17(11)15(19)10-21-16(20)13-8-3-4-9-14(13)18/h3-4,8-9,11-12,18H,5-7,10H2,1-2H3/t11-,12-/m1/s1. The van der Waals surface area contributed by atoms with Crippen molar-refractivity contribution in [3.63, 3.8) is 0 Å². The highest BCUT2D eigenvalue weighted by molar-refractivity contribution is 5.93. The maximum atomic E-state index is 12.2. The number of benzene rings is 1. The summed E-state index contributed by atoms with van der Waals surface area (Å²) in [6.07, 6.45) is 3.07. The average molecular weight is 291 g/mol. The number of phenolic OH excluding ortho intramolecular Hbond substituents is 1. The van der Waals surface area contributed by atoms with Gasteiger partial charge in [-0.3, -0.25) is 4.79 Å². The van der Waals surface area contributed by atoms with Gasteiger partial charge in [-0.2, -0.15) is 0 Å². The van der Waals surface area contributed by atoms with Gasteiger partial charge in [0.25, 0.3) is 5.91 Å². The largest absolute Gasteiger partial charge is 0.507 e. The molecule has 1 N–H and O–H groups in total. The molecule has 1 aromatic rings. The molecule has 1 aliphatic rings. The van der Waals surface area contributed by atoms with Gasteiger partial charge >= 0.3 is 5.97 Å². The number of ether oxygens (including phenoxy) is 1. The summed E-state index contributed by atoms with van der Waals surface area (Å²) in [4.78, 5) is 25.9. The van der Waals surface area contributed by atoms with E-state index in [1.165, 1.54) is 12.1 Å². The number of carbonyl (C=O) groups is 2. The van der Waals surface area contributed by atoms with Crippen LogP contribution in [0.5, 0.6) is 5.75 Å². The predicted octanol–water partition coefficient (Wildman–Crippen LogP) is 2.34. The molecule has 1 fully saturated rings. The van der Waals surface area contributed by atoms with Gasteiger partial charge < -0.3 is 14.7 Å². The zero-order chi connectivity index (χ0) is 15.4. The minimum atomic E-state index is -0.682. The fourth-order valence-electron chi connectivity index (χ4n) is 2.84. The molecule has 2 rings (SSSR count). The highest BCUT2D eigenvalue weighted by atomic mass is 16.5. The van der Waals surface area contributed by atoms with Crippen molar-refractivity contribution in [2.24, 2.45) is 0 Å². The second kappa shape index (κ2) is 6.61. The Bertz CT molecular complexity index is 519. The van der Waals surface area contributed by atoms with Crippen LogP contribution >= 0.6 is 0 Å². The summed E-state index contributed by atoms with van der Waals surface area (Å²) in [5.41, 5.74) is 0.0741. The quantitative estimate of drug-likeness (QED) is 0.868. The molecule has 1 saturated heterocycles. The summed E-state index contributed by atoms with van der Waals surface area (Å²) in [6, 6.07) is 6.47. The first kappa shape index (κ1) is 15.4. The highest BCUT2D eigenvalue weighted by Gasteiger charge is 2.29. The van der Waals surface area contributed by atoms with Gasteiger partial charge in [-0.15, -0.1) is 0 Å². The number of amides is 1. The summed E-state index contributed by atoms with van der Waals surface area (Å²) in [5.74, 6) is -1.01. The molecule has 1 amide bonds. The number of hydrogen-bond donors (Lipinski definition) is 1. The van der Waals surface area contributed by atoms with Crippen LogP contribution < -0.4 is 0 Å². The van der Waals surface area contributed by atoms with Crippen molar-refractivity contribution < 1.29 is 19.4 Å². The van der Waals surface area contributed by atoms with Crippen LogP contribution in [0.2, 0.25) is 0 Å². The Morgan fingerprint density at radius 3 is 2.48 bits per heavy atom. The molecule has 114 valence electrons. The van der Waals surface area contributed by atoms with Crippen molar-refractivity contribution in [3.8, 4) is 5.75 Å². The average Bonchev–Trinajstić information content (AvgIpc) is 2.45. The van der Waals surface area contributed by atoms with Gasteiger partial charge in [-0.05, 0) is 45.2 Å². The Morgan fingerprint density at radius 1 is 1.24 bits per heavy atom. The van der Waals surface area contributed by atoms with Gasteiger partial charge in [0.15, 0.2) is 6.61 Å². The van der Waals surface area contributed by atoms with Gasteiger partial charge in [0.05, 0.1) is 0 Å². The minimum Gasteiger partial charge on any atom is -0.507 e. The Morgan fingerprint density at radius 2 is 1.86 bits per heavy atom. The summed E-state index contributed by atoms with van der Waals surface area (Å²) in [6.45, 7) is 3.73. The van der Waals surface area contributed by atoms with Gasteiger partial charge in [-0.1, -0.05) is 12.1 Å². The number of carbonyl (C=O) groups excluding carboxylic acids is 2. The topological polar surface area (TPSA) is 66.8 Å². The van der Waals surface area contributed by atoms with Crippen molar-refractivity contribution in [3.05, 3.63) is 29.8 Å². The highest BCUT2D eigenvalue weighted by Crippen LogP contribution is 2.23. The van der Waals surface area contributed by atoms with Crippen LogP contribution in [0, 0.1) is 0 Å². The predicted molar refractivity (Wildman–Crippen MR) is 78.0 cm³/mol. The molecule has 1 heterocycles. The number of esters is 1. The van der Waals surface area contributed by atoms with E-state index in [0.717, 1.165) is 19.3 Å². The number of phenols is 1. The Kier molecular flexibility index (Phi) is 4.83. The molecule has 0 bridgehead atoms. The Labute approximate surface area is 124 Å². The summed E-state index contributed by atoms with van der Waals surface area (Å²) in [7, 11) is 0. The van der Waals surface area contributed by atoms with Crippen molar-refractivity contribution in [2.45, 2.75) is 45.2 Å². The van der Waals surface area contributed by atoms with Crippen LogP contribution in [0.15, 0.2) is 24.3 Å². The molecule has 5 nitrogen and oxygen atoms in total. The zero-order valence-corrected chi connectivity index (χ0v) is 12.4. The number of hydrogen-bond acceptors (Lipinski definition) is 4. The number of rotatable bonds is 3. The Balaban J connectivity index is 1.95. The van der Waals surface area contributed by atoms with E-state index >= 15 is 0 Å². The van der Waals surface area contributed by atoms with Crippen LogP contribution in [0.4, 0.5) is 0 Å². The monoisotopic (exact) mass is 291 g/mol. The summed E-state index contributed by atoms with van der Waals surface area (Å²) >= 11 is 0. The third kappa shape index (κ3) is 3.54. The Hall–Kier alpha value is -2.04. The third-order valence-corrected chi connectivity index (χ3v) is 3.93. The number of nitrogens with zero attached hydrogens (tertiary/aromatic N) is 1. The molecular formula is C16H21NO4. The molecule has 0 unspecified atom stereocenters. The summed E-state index contributed by atoms with van der Waals surface area (Å²) < 4.78 is 5.03. The van der Waals surface area contributed by atoms with E-state index in [1.807, 2.05) is 13.8 Å². The first-order chi connectivity index (χ1) is 10.0. The second-order valence-corrected chi connectivity index (χ2v) is 5.52. The molecular weight excluding hydrogens is 270 g/mol. The zero-order valence-electron chi connectivity index (χ0n) is 12.4. The van der Waals surface area contributed by atoms with E-state index < -0.39 is 5.97 Å². The van der Waals surface area contributed by atoms with Crippen LogP contribution in [-0.2, 0) is 9.53 Å². The van der Waals surface area contributed by atoms with Crippen molar-refractivity contribution >= 4 is 11.9 Å². The normalized spacial score (nSPS) is 21.9. The fourth-order valence-corrected chi connectivity index (χ4v) is 2.84. The van der Waals surface area contributed by atoms with E-state index in [2.05, 4.69) is 0 Å². The third-order valence-electron chi connectivity index (χ3n) is 3.93. The van der Waals surface area contributed by atoms with E-state index in [1.54, 1.807) is 17.0 Å². The maximum Gasteiger partial charge on any atom is 0.342 e. The first-order valence-electron chi connectivity index (χ1n) is 7.27. The molecule has 0 radical (unpaired) electrons. The molecule has 2 atom stereocenters. The molecule has 5 heteroatoms. The van der Waals surface area contributed by atoms with Crippen LogP contribution in [0.1, 0.15) is 43.5 Å². The maximum absolute atomic E-state index is 12.2. The van der Waals surface area contributed by atoms with Crippen LogP contribution in [0.25, 0.3) is 0 Å². The van der Waals surface area contributed by atoms with Gasteiger partial charge in [-0.25, -0.2) is 4.79 Å². The smallest absolute Gasteiger partial charge is 0.342 e. The molecule has 0 saturated carbocycles. The van der Waals surface area contributed by atoms with Crippen molar-refractivity contribution in [1.29, 1.82) is 0 Å². The van der Waals surface area contributed by atoms with E-state index in [4.69, 9.17) is 4.74 Å². The SMILES string of the molecule is C[C@@H]1CCC[C@@H](C)N1C(=O)COC(=O)c1ccccc1O. The molecule has 1 aromatic carbocycles.